The Kier molecular flexibility index (Phi) is 3.29. The maximum atomic E-state index is 12.1. The van der Waals surface area contributed by atoms with Gasteiger partial charge in [-0.2, -0.15) is 0 Å². The first-order valence-corrected chi connectivity index (χ1v) is 3.64. The Labute approximate surface area is 73.9 Å². The van der Waals surface area contributed by atoms with Crippen LogP contribution in [0.15, 0.2) is 29.3 Å². The Hall–Kier alpha value is -1.54. The van der Waals surface area contributed by atoms with Gasteiger partial charge in [0.05, 0.1) is 6.54 Å². The number of aliphatic imine (C=N–C) groups is 1. The van der Waals surface area contributed by atoms with Crippen LogP contribution in [0.1, 0.15) is 17.6 Å². The van der Waals surface area contributed by atoms with Gasteiger partial charge < -0.3 is 0 Å². The molecule has 0 aliphatic rings. The zero-order valence-corrected chi connectivity index (χ0v) is 6.71. The number of nitrogens with zero attached hydrogens (tertiary/aromatic N) is 1. The molecule has 0 spiro atoms. The highest BCUT2D eigenvalue weighted by molar-refractivity contribution is 5.34. The van der Waals surface area contributed by atoms with Gasteiger partial charge in [-0.15, -0.1) is 0 Å². The van der Waals surface area contributed by atoms with Gasteiger partial charge in [-0.1, -0.05) is 24.3 Å². The molecule has 1 aromatic rings. The maximum Gasteiger partial charge on any atom is 0.263 e. The Morgan fingerprint density at radius 2 is 1.92 bits per heavy atom. The number of hydrogen-bond donors (Lipinski definition) is 0. The molecule has 0 amide bonds. The number of hydrogen-bond acceptors (Lipinski definition) is 2. The third kappa shape index (κ3) is 2.76. The van der Waals surface area contributed by atoms with Crippen LogP contribution in [-0.4, -0.2) is 6.08 Å². The average molecular weight is 183 g/mol. The van der Waals surface area contributed by atoms with Gasteiger partial charge >= 0.3 is 0 Å². The summed E-state index contributed by atoms with van der Waals surface area (Å²) >= 11 is 0. The summed E-state index contributed by atoms with van der Waals surface area (Å²) in [7, 11) is 0. The molecule has 0 unspecified atom stereocenters. The lowest BCUT2D eigenvalue weighted by Crippen LogP contribution is -1.85. The van der Waals surface area contributed by atoms with Crippen molar-refractivity contribution in [3.05, 3.63) is 35.4 Å². The topological polar surface area (TPSA) is 29.4 Å². The first-order chi connectivity index (χ1) is 6.24. The first kappa shape index (κ1) is 9.55. The van der Waals surface area contributed by atoms with Crippen molar-refractivity contribution in [2.45, 2.75) is 13.0 Å². The zero-order chi connectivity index (χ0) is 9.68. The Bertz CT molecular complexity index is 315. The van der Waals surface area contributed by atoms with E-state index >= 15 is 0 Å². The van der Waals surface area contributed by atoms with Gasteiger partial charge in [0.15, 0.2) is 0 Å². The van der Waals surface area contributed by atoms with Gasteiger partial charge in [-0.05, 0) is 5.56 Å². The molecule has 2 nitrogen and oxygen atoms in total. The van der Waals surface area contributed by atoms with E-state index in [0.29, 0.717) is 5.56 Å². The fourth-order valence-electron chi connectivity index (χ4n) is 0.892. The second kappa shape index (κ2) is 4.48. The fraction of sp³-hybridized carbons (Fsp3) is 0.222. The lowest BCUT2D eigenvalue weighted by atomic mass is 10.1. The molecule has 68 valence electrons. The third-order valence-corrected chi connectivity index (χ3v) is 1.56. The molecule has 1 aromatic carbocycles. The fourth-order valence-corrected chi connectivity index (χ4v) is 0.892. The molecule has 0 radical (unpaired) electrons. The van der Waals surface area contributed by atoms with Crippen molar-refractivity contribution in [3.8, 4) is 0 Å². The van der Waals surface area contributed by atoms with E-state index in [-0.39, 0.29) is 12.1 Å². The van der Waals surface area contributed by atoms with Gasteiger partial charge in [0.25, 0.3) is 6.43 Å². The molecule has 0 aliphatic heterocycles. The van der Waals surface area contributed by atoms with Crippen LogP contribution in [0.5, 0.6) is 0 Å². The molecule has 1 rings (SSSR count). The van der Waals surface area contributed by atoms with E-state index in [4.69, 9.17) is 0 Å². The van der Waals surface area contributed by atoms with Crippen LogP contribution < -0.4 is 0 Å². The number of benzene rings is 1. The molecule has 0 fully saturated rings. The number of isocyanates is 1. The standard InChI is InChI=1S/C9H7F2NO/c10-9(11)8-3-1-7(2-4-8)5-12-6-13/h1-4,9H,5H2. The smallest absolute Gasteiger partial charge is 0.211 e. The lowest BCUT2D eigenvalue weighted by molar-refractivity contribution is 0.151. The molecule has 0 saturated heterocycles. The molecule has 0 saturated carbocycles. The van der Waals surface area contributed by atoms with E-state index in [1.807, 2.05) is 0 Å². The summed E-state index contributed by atoms with van der Waals surface area (Å²) < 4.78 is 24.1. The van der Waals surface area contributed by atoms with Gasteiger partial charge in [-0.25, -0.2) is 18.6 Å². The van der Waals surface area contributed by atoms with Crippen molar-refractivity contribution in [2.75, 3.05) is 0 Å². The average Bonchev–Trinajstić information content (AvgIpc) is 2.15. The van der Waals surface area contributed by atoms with E-state index in [1.54, 1.807) is 0 Å². The predicted molar refractivity (Wildman–Crippen MR) is 43.2 cm³/mol. The largest absolute Gasteiger partial charge is 0.263 e. The van der Waals surface area contributed by atoms with Crippen LogP contribution in [0.2, 0.25) is 0 Å². The maximum absolute atomic E-state index is 12.1. The second-order valence-electron chi connectivity index (χ2n) is 2.45. The van der Waals surface area contributed by atoms with Gasteiger partial charge in [0, 0.05) is 5.56 Å². The molecular weight excluding hydrogens is 176 g/mol. The highest BCUT2D eigenvalue weighted by Gasteiger charge is 2.04. The molecule has 0 aromatic heterocycles. The number of rotatable bonds is 3. The van der Waals surface area contributed by atoms with Crippen molar-refractivity contribution in [1.29, 1.82) is 0 Å². The SMILES string of the molecule is O=C=NCc1ccc(C(F)F)cc1. The molecular formula is C9H7F2NO. The second-order valence-corrected chi connectivity index (χ2v) is 2.45. The molecule has 0 atom stereocenters. The minimum atomic E-state index is -2.45. The van der Waals surface area contributed by atoms with E-state index in [2.05, 4.69) is 4.99 Å². The Balaban J connectivity index is 2.75. The molecule has 0 heterocycles. The Morgan fingerprint density at radius 1 is 1.31 bits per heavy atom. The van der Waals surface area contributed by atoms with Gasteiger partial charge in [0.2, 0.25) is 6.08 Å². The normalized spacial score (nSPS) is 9.77. The quantitative estimate of drug-likeness (QED) is 0.522. The number of halogens is 2. The summed E-state index contributed by atoms with van der Waals surface area (Å²) in [6.45, 7) is 0.188. The van der Waals surface area contributed by atoms with E-state index in [1.165, 1.54) is 30.3 Å². The monoisotopic (exact) mass is 183 g/mol. The molecule has 0 bridgehead atoms. The van der Waals surface area contributed by atoms with E-state index < -0.39 is 6.43 Å². The van der Waals surface area contributed by atoms with Crippen LogP contribution in [0.25, 0.3) is 0 Å². The van der Waals surface area contributed by atoms with E-state index in [9.17, 15) is 13.6 Å². The highest BCUT2D eigenvalue weighted by atomic mass is 19.3. The lowest BCUT2D eigenvalue weighted by Gasteiger charge is -1.99. The minimum absolute atomic E-state index is 0.0289. The number of alkyl halides is 2. The van der Waals surface area contributed by atoms with Crippen molar-refractivity contribution in [3.63, 3.8) is 0 Å². The summed E-state index contributed by atoms with van der Waals surface area (Å²) in [4.78, 5) is 13.1. The van der Waals surface area contributed by atoms with Crippen LogP contribution in [-0.2, 0) is 11.3 Å². The predicted octanol–water partition coefficient (Wildman–Crippen LogP) is 2.46. The van der Waals surface area contributed by atoms with Crippen LogP contribution >= 0.6 is 0 Å². The van der Waals surface area contributed by atoms with Gasteiger partial charge in [-0.3, -0.25) is 0 Å². The van der Waals surface area contributed by atoms with Crippen molar-refractivity contribution >= 4 is 6.08 Å². The molecule has 0 aliphatic carbocycles. The summed E-state index contributed by atoms with van der Waals surface area (Å²) in [6, 6.07) is 5.67. The number of carbonyl (C=O) groups excluding carboxylic acids is 1. The van der Waals surface area contributed by atoms with Crippen molar-refractivity contribution in [1.82, 2.24) is 0 Å². The highest BCUT2D eigenvalue weighted by Crippen LogP contribution is 2.18. The van der Waals surface area contributed by atoms with Crippen LogP contribution in [0.3, 0.4) is 0 Å². The van der Waals surface area contributed by atoms with Crippen LogP contribution in [0.4, 0.5) is 8.78 Å². The van der Waals surface area contributed by atoms with Crippen molar-refractivity contribution in [2.24, 2.45) is 4.99 Å². The summed E-state index contributed by atoms with van der Waals surface area (Å²) in [5.74, 6) is 0. The summed E-state index contributed by atoms with van der Waals surface area (Å²) in [6.07, 6.45) is -1.07. The minimum Gasteiger partial charge on any atom is -0.211 e. The summed E-state index contributed by atoms with van der Waals surface area (Å²) in [5.41, 5.74) is 0.687. The first-order valence-electron chi connectivity index (χ1n) is 3.64. The van der Waals surface area contributed by atoms with Gasteiger partial charge in [0.1, 0.15) is 0 Å². The summed E-state index contributed by atoms with van der Waals surface area (Å²) in [5, 5.41) is 0. The van der Waals surface area contributed by atoms with E-state index in [0.717, 1.165) is 0 Å². The third-order valence-electron chi connectivity index (χ3n) is 1.56. The Morgan fingerprint density at radius 3 is 2.38 bits per heavy atom. The molecule has 4 heteroatoms. The van der Waals surface area contributed by atoms with Crippen LogP contribution in [0, 0.1) is 0 Å². The molecule has 0 N–H and O–H groups in total. The van der Waals surface area contributed by atoms with Crippen molar-refractivity contribution < 1.29 is 13.6 Å². The molecule has 13 heavy (non-hydrogen) atoms. The zero-order valence-electron chi connectivity index (χ0n) is 6.71.